The first-order chi connectivity index (χ1) is 10.4. The highest BCUT2D eigenvalue weighted by Gasteiger charge is 2.38. The molecule has 2 aromatic rings. The van der Waals surface area contributed by atoms with Crippen LogP contribution in [0, 0.1) is 0 Å². The monoisotopic (exact) mass is 312 g/mol. The molecular weight excluding hydrogens is 301 g/mol. The number of carbonyl (C=O) groups excluding carboxylic acids is 1. The lowest BCUT2D eigenvalue weighted by molar-refractivity contribution is -0.140. The summed E-state index contributed by atoms with van der Waals surface area (Å²) in [6, 6.07) is 1.37. The molecule has 3 rings (SSSR count). The van der Waals surface area contributed by atoms with E-state index in [1.807, 2.05) is 0 Å². The molecule has 0 N–H and O–H groups in total. The van der Waals surface area contributed by atoms with Gasteiger partial charge in [0.05, 0.1) is 7.11 Å². The van der Waals surface area contributed by atoms with Gasteiger partial charge in [0.1, 0.15) is 17.5 Å². The number of nitrogens with zero attached hydrogens (tertiary/aromatic N) is 2. The summed E-state index contributed by atoms with van der Waals surface area (Å²) in [5, 5.41) is 3.53. The van der Waals surface area contributed by atoms with Gasteiger partial charge in [0.15, 0.2) is 5.69 Å². The molecule has 2 heterocycles. The van der Waals surface area contributed by atoms with E-state index in [0.717, 1.165) is 26.2 Å². The fourth-order valence-electron chi connectivity index (χ4n) is 2.21. The molecule has 1 aliphatic carbocycles. The first-order valence-electron chi connectivity index (χ1n) is 6.52. The first kappa shape index (κ1) is 14.6. The van der Waals surface area contributed by atoms with Crippen LogP contribution in [0.2, 0.25) is 0 Å². The zero-order chi connectivity index (χ0) is 15.9. The van der Waals surface area contributed by atoms with Crippen molar-refractivity contribution in [2.45, 2.75) is 24.9 Å². The minimum Gasteiger partial charge on any atom is -0.465 e. The number of carbonyl (C=O) groups is 1. The molecule has 0 unspecified atom stereocenters. The highest BCUT2D eigenvalue weighted by atomic mass is 19.4. The molecule has 0 aromatic carbocycles. The maximum absolute atomic E-state index is 13.2. The van der Waals surface area contributed by atoms with Crippen molar-refractivity contribution >= 4 is 5.97 Å². The van der Waals surface area contributed by atoms with Gasteiger partial charge >= 0.3 is 12.1 Å². The number of aromatic nitrogens is 2. The number of methoxy groups -OCH3 is 1. The Labute approximate surface area is 123 Å². The standard InChI is InChI=1S/C14H11F3N2O3/c1-21-13(20)10-6-22-19-11(10)9-4-8(7-2-3-7)5-18-12(9)14(15,16)17/h4-7H,2-3H2,1H3. The lowest BCUT2D eigenvalue weighted by atomic mass is 10.0. The van der Waals surface area contributed by atoms with Crippen LogP contribution in [-0.2, 0) is 10.9 Å². The Hall–Kier alpha value is -2.38. The summed E-state index contributed by atoms with van der Waals surface area (Å²) in [5.41, 5.74) is -1.05. The first-order valence-corrected chi connectivity index (χ1v) is 6.52. The molecule has 0 bridgehead atoms. The van der Waals surface area contributed by atoms with E-state index in [4.69, 9.17) is 0 Å². The third-order valence-corrected chi connectivity index (χ3v) is 3.46. The van der Waals surface area contributed by atoms with Gasteiger partial charge in [-0.2, -0.15) is 13.2 Å². The number of ether oxygens (including phenoxy) is 1. The third kappa shape index (κ3) is 2.56. The van der Waals surface area contributed by atoms with Crippen LogP contribution >= 0.6 is 0 Å². The molecule has 1 fully saturated rings. The van der Waals surface area contributed by atoms with Crippen molar-refractivity contribution in [2.75, 3.05) is 7.11 Å². The smallest absolute Gasteiger partial charge is 0.434 e. The number of rotatable bonds is 3. The summed E-state index contributed by atoms with van der Waals surface area (Å²) in [4.78, 5) is 15.2. The van der Waals surface area contributed by atoms with Crippen molar-refractivity contribution in [1.82, 2.24) is 10.1 Å². The minimum absolute atomic E-state index is 0.164. The van der Waals surface area contributed by atoms with Crippen molar-refractivity contribution < 1.29 is 27.2 Å². The van der Waals surface area contributed by atoms with Crippen LogP contribution in [-0.4, -0.2) is 23.2 Å². The van der Waals surface area contributed by atoms with Crippen LogP contribution in [0.3, 0.4) is 0 Å². The van der Waals surface area contributed by atoms with E-state index in [1.54, 1.807) is 0 Å². The van der Waals surface area contributed by atoms with Crippen LogP contribution < -0.4 is 0 Å². The molecule has 5 nitrogen and oxygen atoms in total. The Kier molecular flexibility index (Phi) is 3.38. The number of alkyl halides is 3. The molecule has 0 amide bonds. The Balaban J connectivity index is 2.17. The fraction of sp³-hybridized carbons (Fsp3) is 0.357. The van der Waals surface area contributed by atoms with E-state index in [9.17, 15) is 18.0 Å². The molecule has 22 heavy (non-hydrogen) atoms. The molecule has 8 heteroatoms. The zero-order valence-electron chi connectivity index (χ0n) is 11.5. The summed E-state index contributed by atoms with van der Waals surface area (Å²) in [5.74, 6) is -0.608. The molecule has 116 valence electrons. The van der Waals surface area contributed by atoms with Crippen LogP contribution in [0.4, 0.5) is 13.2 Å². The van der Waals surface area contributed by atoms with Crippen molar-refractivity contribution in [3.8, 4) is 11.3 Å². The molecule has 0 atom stereocenters. The maximum atomic E-state index is 13.2. The fourth-order valence-corrected chi connectivity index (χ4v) is 2.21. The summed E-state index contributed by atoms with van der Waals surface area (Å²) in [7, 11) is 1.13. The van der Waals surface area contributed by atoms with Gasteiger partial charge in [-0.05, 0) is 30.4 Å². The van der Waals surface area contributed by atoms with Gasteiger partial charge in [0, 0.05) is 11.8 Å². The lowest BCUT2D eigenvalue weighted by Crippen LogP contribution is -2.12. The maximum Gasteiger partial charge on any atom is 0.434 e. The Morgan fingerprint density at radius 1 is 1.41 bits per heavy atom. The zero-order valence-corrected chi connectivity index (χ0v) is 11.5. The third-order valence-electron chi connectivity index (χ3n) is 3.46. The number of esters is 1. The highest BCUT2D eigenvalue weighted by molar-refractivity contribution is 5.96. The number of hydrogen-bond acceptors (Lipinski definition) is 5. The van der Waals surface area contributed by atoms with E-state index >= 15 is 0 Å². The van der Waals surface area contributed by atoms with E-state index in [2.05, 4.69) is 19.4 Å². The predicted molar refractivity (Wildman–Crippen MR) is 68.1 cm³/mol. The summed E-state index contributed by atoms with van der Waals surface area (Å²) < 4.78 is 48.7. The second-order valence-electron chi connectivity index (χ2n) is 5.01. The van der Waals surface area contributed by atoms with Crippen LogP contribution in [0.1, 0.15) is 40.4 Å². The highest BCUT2D eigenvalue weighted by Crippen LogP contribution is 2.43. The average molecular weight is 312 g/mol. The Morgan fingerprint density at radius 2 is 2.14 bits per heavy atom. The van der Waals surface area contributed by atoms with Crippen molar-refractivity contribution in [1.29, 1.82) is 0 Å². The minimum atomic E-state index is -4.66. The summed E-state index contributed by atoms with van der Waals surface area (Å²) in [6.07, 6.45) is -0.652. The lowest BCUT2D eigenvalue weighted by Gasteiger charge is -2.12. The van der Waals surface area contributed by atoms with Gasteiger partial charge in [-0.3, -0.25) is 4.98 Å². The van der Waals surface area contributed by atoms with Gasteiger partial charge in [0.2, 0.25) is 0 Å². The summed E-state index contributed by atoms with van der Waals surface area (Å²) in [6.45, 7) is 0. The van der Waals surface area contributed by atoms with Crippen molar-refractivity contribution in [2.24, 2.45) is 0 Å². The predicted octanol–water partition coefficient (Wildman–Crippen LogP) is 3.42. The SMILES string of the molecule is COC(=O)c1conc1-c1cc(C2CC2)cnc1C(F)(F)F. The van der Waals surface area contributed by atoms with E-state index < -0.39 is 17.8 Å². The van der Waals surface area contributed by atoms with Crippen molar-refractivity contribution in [3.05, 3.63) is 35.3 Å². The number of pyridine rings is 1. The van der Waals surface area contributed by atoms with E-state index in [1.165, 1.54) is 12.3 Å². The molecular formula is C14H11F3N2O3. The topological polar surface area (TPSA) is 65.2 Å². The van der Waals surface area contributed by atoms with Gasteiger partial charge in [0.25, 0.3) is 0 Å². The molecule has 1 saturated carbocycles. The average Bonchev–Trinajstić information content (AvgIpc) is 3.22. The Morgan fingerprint density at radius 3 is 2.73 bits per heavy atom. The van der Waals surface area contributed by atoms with E-state index in [0.29, 0.717) is 5.56 Å². The van der Waals surface area contributed by atoms with Gasteiger partial charge in [-0.25, -0.2) is 4.79 Å². The van der Waals surface area contributed by atoms with Crippen LogP contribution in [0.15, 0.2) is 23.0 Å². The van der Waals surface area contributed by atoms with Crippen LogP contribution in [0.5, 0.6) is 0 Å². The molecule has 0 aliphatic heterocycles. The molecule has 1 aliphatic rings. The quantitative estimate of drug-likeness (QED) is 0.813. The second kappa shape index (κ2) is 5.11. The normalized spacial score (nSPS) is 14.9. The van der Waals surface area contributed by atoms with Gasteiger partial charge in [-0.1, -0.05) is 5.16 Å². The largest absolute Gasteiger partial charge is 0.465 e. The Bertz CT molecular complexity index is 720. The van der Waals surface area contributed by atoms with E-state index in [-0.39, 0.29) is 22.7 Å². The number of halogens is 3. The van der Waals surface area contributed by atoms with Crippen molar-refractivity contribution in [3.63, 3.8) is 0 Å². The molecule has 2 aromatic heterocycles. The van der Waals surface area contributed by atoms with Gasteiger partial charge in [-0.15, -0.1) is 0 Å². The second-order valence-corrected chi connectivity index (χ2v) is 5.01. The van der Waals surface area contributed by atoms with Gasteiger partial charge < -0.3 is 9.26 Å². The molecule has 0 radical (unpaired) electrons. The summed E-state index contributed by atoms with van der Waals surface area (Å²) >= 11 is 0. The number of hydrogen-bond donors (Lipinski definition) is 0. The van der Waals surface area contributed by atoms with Crippen LogP contribution in [0.25, 0.3) is 11.3 Å². The molecule has 0 saturated heterocycles. The molecule has 0 spiro atoms.